The first kappa shape index (κ1) is 25.5. The second-order valence-corrected chi connectivity index (χ2v) is 9.32. The molecule has 184 valence electrons. The normalized spacial score (nSPS) is 16.2. The quantitative estimate of drug-likeness (QED) is 0.361. The number of non-ortho nitro benzene ring substituents is 1. The summed E-state index contributed by atoms with van der Waals surface area (Å²) in [5.41, 5.74) is 3.53. The molecule has 0 spiro atoms. The van der Waals surface area contributed by atoms with Gasteiger partial charge in [0.05, 0.1) is 28.4 Å². The number of carbonyl (C=O) groups is 1. The molecule has 0 fully saturated rings. The van der Waals surface area contributed by atoms with Gasteiger partial charge in [0.25, 0.3) is 11.6 Å². The maximum absolute atomic E-state index is 13.1. The molecule has 1 aliphatic heterocycles. The number of hydrogen-bond acceptors (Lipinski definition) is 7. The van der Waals surface area contributed by atoms with Crippen LogP contribution in [0.15, 0.2) is 42.5 Å². The minimum absolute atomic E-state index is 0.0850. The van der Waals surface area contributed by atoms with E-state index in [2.05, 4.69) is 17.7 Å². The maximum atomic E-state index is 13.1. The second-order valence-electron chi connectivity index (χ2n) is 9.32. The van der Waals surface area contributed by atoms with Crippen molar-refractivity contribution in [1.82, 2.24) is 5.32 Å². The highest BCUT2D eigenvalue weighted by molar-refractivity contribution is 6.00. The fourth-order valence-electron chi connectivity index (χ4n) is 3.55. The molecule has 2 aromatic rings. The molecule has 0 bridgehead atoms. The van der Waals surface area contributed by atoms with Crippen molar-refractivity contribution in [3.8, 4) is 5.75 Å². The zero-order valence-electron chi connectivity index (χ0n) is 20.1. The predicted octanol–water partition coefficient (Wildman–Crippen LogP) is 5.21. The lowest BCUT2D eigenvalue weighted by molar-refractivity contribution is -0.384. The number of rotatable bonds is 10. The number of nitrogens with zero attached hydrogens (tertiary/aromatic N) is 1. The minimum atomic E-state index is -0.531. The van der Waals surface area contributed by atoms with Crippen molar-refractivity contribution in [2.24, 2.45) is 5.92 Å². The topological polar surface area (TPSA) is 112 Å². The van der Waals surface area contributed by atoms with E-state index in [0.29, 0.717) is 18.8 Å². The number of hydrogen-bond donors (Lipinski definition) is 2. The van der Waals surface area contributed by atoms with Crippen molar-refractivity contribution < 1.29 is 24.0 Å². The van der Waals surface area contributed by atoms with Crippen LogP contribution in [0.25, 0.3) is 0 Å². The van der Waals surface area contributed by atoms with Crippen LogP contribution < -0.4 is 15.5 Å². The Kier molecular flexibility index (Phi) is 8.46. The van der Waals surface area contributed by atoms with Crippen LogP contribution in [0.1, 0.15) is 62.9 Å². The number of fused-ring (bicyclic) bond motifs is 1. The summed E-state index contributed by atoms with van der Waals surface area (Å²) in [5.74, 6) is 0.260. The monoisotopic (exact) mass is 471 g/mol. The maximum Gasteiger partial charge on any atom is 0.270 e. The van der Waals surface area contributed by atoms with Crippen molar-refractivity contribution in [2.75, 3.05) is 12.0 Å². The molecule has 2 unspecified atom stereocenters. The molecule has 9 heteroatoms. The molecule has 34 heavy (non-hydrogen) atoms. The minimum Gasteiger partial charge on any atom is -0.464 e. The Hall–Kier alpha value is -3.17. The average molecular weight is 472 g/mol. The van der Waals surface area contributed by atoms with E-state index in [0.717, 1.165) is 30.6 Å². The molecule has 1 aliphatic rings. The lowest BCUT2D eigenvalue weighted by Crippen LogP contribution is -2.40. The molecule has 0 aromatic heterocycles. The molecule has 1 amide bonds. The predicted molar refractivity (Wildman–Crippen MR) is 129 cm³/mol. The molecule has 2 N–H and O–H groups in total. The number of nitrogens with one attached hydrogen (secondary N) is 2. The van der Waals surface area contributed by atoms with E-state index in [1.807, 2.05) is 45.0 Å². The number of para-hydroxylation sites is 1. The Labute approximate surface area is 199 Å². The third-order valence-electron chi connectivity index (χ3n) is 5.38. The van der Waals surface area contributed by atoms with Gasteiger partial charge in [0.1, 0.15) is 5.75 Å². The number of carbonyl (C=O) groups excluding carboxylic acids is 1. The Morgan fingerprint density at radius 3 is 2.74 bits per heavy atom. The fourth-order valence-corrected chi connectivity index (χ4v) is 3.55. The van der Waals surface area contributed by atoms with Crippen LogP contribution in [-0.2, 0) is 16.2 Å². The summed E-state index contributed by atoms with van der Waals surface area (Å²) in [6.45, 7) is 8.40. The van der Waals surface area contributed by atoms with Crippen LogP contribution in [-0.4, -0.2) is 29.3 Å². The number of amides is 1. The number of benzene rings is 2. The smallest absolute Gasteiger partial charge is 0.270 e. The standard InChI is InChI=1S/C25H33N3O6/c1-5-6-9-17(24-32-16-18-10-7-8-11-22(18)33-24)15-26-23(29)20-14-19(28(30)31)12-13-21(20)27-34-25(2,3)4/h7-8,10-14,17,24,27H,5-6,9,15-16H2,1-4H3,(H,26,29). The van der Waals surface area contributed by atoms with Gasteiger partial charge in [-0.1, -0.05) is 38.0 Å². The van der Waals surface area contributed by atoms with Crippen molar-refractivity contribution in [3.63, 3.8) is 0 Å². The van der Waals surface area contributed by atoms with Gasteiger partial charge in [-0.15, -0.1) is 0 Å². The molecular weight excluding hydrogens is 438 g/mol. The van der Waals surface area contributed by atoms with E-state index in [4.69, 9.17) is 14.3 Å². The van der Waals surface area contributed by atoms with Crippen molar-refractivity contribution >= 4 is 17.3 Å². The van der Waals surface area contributed by atoms with Gasteiger partial charge in [0, 0.05) is 30.2 Å². The molecule has 3 rings (SSSR count). The Morgan fingerprint density at radius 1 is 1.26 bits per heavy atom. The van der Waals surface area contributed by atoms with Crippen molar-refractivity contribution in [1.29, 1.82) is 0 Å². The first-order valence-corrected chi connectivity index (χ1v) is 11.5. The molecule has 2 aromatic carbocycles. The lowest BCUT2D eigenvalue weighted by Gasteiger charge is -2.32. The molecule has 0 saturated heterocycles. The molecule has 2 atom stereocenters. The summed E-state index contributed by atoms with van der Waals surface area (Å²) in [4.78, 5) is 29.4. The summed E-state index contributed by atoms with van der Waals surface area (Å²) in [6, 6.07) is 11.8. The SMILES string of the molecule is CCCCC(CNC(=O)c1cc([N+](=O)[O-])ccc1NOC(C)(C)C)C1OCc2ccccc2O1. The summed E-state index contributed by atoms with van der Waals surface area (Å²) in [6.07, 6.45) is 2.26. The van der Waals surface area contributed by atoms with E-state index in [1.165, 1.54) is 18.2 Å². The summed E-state index contributed by atoms with van der Waals surface area (Å²) < 4.78 is 12.0. The zero-order valence-corrected chi connectivity index (χ0v) is 20.1. The number of nitro benzene ring substituents is 1. The van der Waals surface area contributed by atoms with E-state index >= 15 is 0 Å². The highest BCUT2D eigenvalue weighted by atomic mass is 16.7. The zero-order chi connectivity index (χ0) is 24.7. The molecular formula is C25H33N3O6. The molecule has 0 radical (unpaired) electrons. The van der Waals surface area contributed by atoms with Crippen LogP contribution in [0.5, 0.6) is 5.75 Å². The fraction of sp³-hybridized carbons (Fsp3) is 0.480. The van der Waals surface area contributed by atoms with Gasteiger partial charge in [-0.05, 0) is 39.3 Å². The Balaban J connectivity index is 1.74. The second kappa shape index (κ2) is 11.3. The molecule has 1 heterocycles. The number of ether oxygens (including phenoxy) is 2. The number of anilines is 1. The Morgan fingerprint density at radius 2 is 2.03 bits per heavy atom. The molecule has 0 aliphatic carbocycles. The van der Waals surface area contributed by atoms with Crippen LogP contribution in [0.2, 0.25) is 0 Å². The molecule has 0 saturated carbocycles. The van der Waals surface area contributed by atoms with E-state index in [9.17, 15) is 14.9 Å². The van der Waals surface area contributed by atoms with E-state index in [-0.39, 0.29) is 17.2 Å². The van der Waals surface area contributed by atoms with Crippen molar-refractivity contribution in [3.05, 3.63) is 63.7 Å². The van der Waals surface area contributed by atoms with Gasteiger partial charge >= 0.3 is 0 Å². The van der Waals surface area contributed by atoms with Gasteiger partial charge in [-0.2, -0.15) is 0 Å². The van der Waals surface area contributed by atoms with Crippen LogP contribution in [0, 0.1) is 16.0 Å². The van der Waals surface area contributed by atoms with Crippen LogP contribution in [0.3, 0.4) is 0 Å². The summed E-state index contributed by atoms with van der Waals surface area (Å²) in [5, 5.41) is 14.2. The highest BCUT2D eigenvalue weighted by Gasteiger charge is 2.29. The third kappa shape index (κ3) is 6.91. The highest BCUT2D eigenvalue weighted by Crippen LogP contribution is 2.30. The van der Waals surface area contributed by atoms with Gasteiger partial charge in [-0.25, -0.2) is 0 Å². The molecule has 9 nitrogen and oxygen atoms in total. The average Bonchev–Trinajstić information content (AvgIpc) is 2.81. The van der Waals surface area contributed by atoms with Crippen LogP contribution >= 0.6 is 0 Å². The third-order valence-corrected chi connectivity index (χ3v) is 5.38. The first-order chi connectivity index (χ1) is 16.2. The number of nitro groups is 1. The summed E-state index contributed by atoms with van der Waals surface area (Å²) >= 11 is 0. The van der Waals surface area contributed by atoms with Gasteiger partial charge < -0.3 is 14.8 Å². The first-order valence-electron chi connectivity index (χ1n) is 11.5. The lowest BCUT2D eigenvalue weighted by atomic mass is 10.00. The van der Waals surface area contributed by atoms with Crippen LogP contribution in [0.4, 0.5) is 11.4 Å². The van der Waals surface area contributed by atoms with Gasteiger partial charge in [0.15, 0.2) is 0 Å². The largest absolute Gasteiger partial charge is 0.464 e. The van der Waals surface area contributed by atoms with Crippen molar-refractivity contribution in [2.45, 2.75) is 65.5 Å². The summed E-state index contributed by atoms with van der Waals surface area (Å²) in [7, 11) is 0. The van der Waals surface area contributed by atoms with E-state index < -0.39 is 22.7 Å². The van der Waals surface area contributed by atoms with E-state index in [1.54, 1.807) is 0 Å². The number of unbranched alkanes of at least 4 members (excludes halogenated alkanes) is 1. The van der Waals surface area contributed by atoms with Gasteiger partial charge in [0.2, 0.25) is 6.29 Å². The Bertz CT molecular complexity index is 1000. The van der Waals surface area contributed by atoms with Gasteiger partial charge in [-0.3, -0.25) is 25.2 Å².